The summed E-state index contributed by atoms with van der Waals surface area (Å²) in [5, 5.41) is 3.56. The molecule has 3 aromatic rings. The molecule has 0 aliphatic carbocycles. The third-order valence-electron chi connectivity index (χ3n) is 6.42. The number of nitrogens with one attached hydrogen (secondary N) is 1. The molecule has 0 unspecified atom stereocenters. The van der Waals surface area contributed by atoms with Crippen LogP contribution in [0, 0.1) is 0 Å². The summed E-state index contributed by atoms with van der Waals surface area (Å²) in [5.41, 5.74) is 0.795. The molecule has 0 saturated carbocycles. The van der Waals surface area contributed by atoms with E-state index in [1.807, 2.05) is 13.8 Å². The van der Waals surface area contributed by atoms with Crippen LogP contribution in [0.5, 0.6) is 0 Å². The first kappa shape index (κ1) is 30.5. The minimum absolute atomic E-state index is 0.0110. The van der Waals surface area contributed by atoms with Crippen LogP contribution in [0.2, 0.25) is 10.0 Å². The highest BCUT2D eigenvalue weighted by molar-refractivity contribution is 7.92. The predicted octanol–water partition coefficient (Wildman–Crippen LogP) is 5.91. The highest BCUT2D eigenvalue weighted by Gasteiger charge is 2.34. The molecule has 39 heavy (non-hydrogen) atoms. The number of halogens is 2. The fourth-order valence-corrected chi connectivity index (χ4v) is 6.00. The second-order valence-electron chi connectivity index (χ2n) is 9.13. The summed E-state index contributed by atoms with van der Waals surface area (Å²) in [6.45, 7) is 5.09. The molecule has 2 atom stereocenters. The Morgan fingerprint density at radius 3 is 2.03 bits per heavy atom. The Morgan fingerprint density at radius 1 is 0.846 bits per heavy atom. The van der Waals surface area contributed by atoms with Crippen molar-refractivity contribution in [1.29, 1.82) is 0 Å². The number of rotatable bonds is 12. The van der Waals surface area contributed by atoms with Gasteiger partial charge in [-0.25, -0.2) is 8.42 Å². The number of hydrogen-bond acceptors (Lipinski definition) is 4. The Bertz CT molecular complexity index is 1390. The van der Waals surface area contributed by atoms with Gasteiger partial charge in [-0.2, -0.15) is 0 Å². The third kappa shape index (κ3) is 7.53. The fourth-order valence-electron chi connectivity index (χ4n) is 4.06. The van der Waals surface area contributed by atoms with E-state index in [4.69, 9.17) is 23.2 Å². The van der Waals surface area contributed by atoms with Gasteiger partial charge in [0, 0.05) is 17.6 Å². The monoisotopic (exact) mass is 589 g/mol. The van der Waals surface area contributed by atoms with E-state index in [1.54, 1.807) is 73.7 Å². The molecule has 10 heteroatoms. The van der Waals surface area contributed by atoms with Gasteiger partial charge in [-0.1, -0.05) is 85.6 Å². The maximum Gasteiger partial charge on any atom is 0.264 e. The Kier molecular flexibility index (Phi) is 10.8. The number of hydrogen-bond donors (Lipinski definition) is 1. The maximum atomic E-state index is 14.0. The van der Waals surface area contributed by atoms with Gasteiger partial charge in [0.2, 0.25) is 11.8 Å². The van der Waals surface area contributed by atoms with Crippen LogP contribution >= 0.6 is 23.2 Å². The number of sulfonamides is 1. The van der Waals surface area contributed by atoms with Crippen LogP contribution < -0.4 is 9.62 Å². The standard InChI is InChI=1S/C29H33Cl2N3O4S/c1-4-21(3)32-29(36)26(5-2)33(19-22-13-9-10-16-24(22)30)28(35)20-34(27-18-12-11-17-25(27)31)39(37,38)23-14-7-6-8-15-23/h6-18,21,26H,4-5,19-20H2,1-3H3,(H,32,36)/t21-,26-/m0/s1. The van der Waals surface area contributed by atoms with E-state index in [9.17, 15) is 18.0 Å². The number of nitrogens with zero attached hydrogens (tertiary/aromatic N) is 2. The van der Waals surface area contributed by atoms with Crippen LogP contribution in [0.3, 0.4) is 0 Å². The van der Waals surface area contributed by atoms with Crippen molar-refractivity contribution in [1.82, 2.24) is 10.2 Å². The highest BCUT2D eigenvalue weighted by Crippen LogP contribution is 2.31. The lowest BCUT2D eigenvalue weighted by atomic mass is 10.1. The molecule has 0 heterocycles. The van der Waals surface area contributed by atoms with Gasteiger partial charge in [-0.3, -0.25) is 13.9 Å². The molecule has 0 bridgehead atoms. The molecule has 0 spiro atoms. The Labute approximate surface area is 240 Å². The molecule has 7 nitrogen and oxygen atoms in total. The number of anilines is 1. The zero-order valence-corrected chi connectivity index (χ0v) is 24.5. The molecule has 0 radical (unpaired) electrons. The molecule has 0 aliphatic heterocycles. The van der Waals surface area contributed by atoms with Gasteiger partial charge in [0.1, 0.15) is 12.6 Å². The highest BCUT2D eigenvalue weighted by atomic mass is 35.5. The zero-order chi connectivity index (χ0) is 28.6. The smallest absolute Gasteiger partial charge is 0.264 e. The number of carbonyl (C=O) groups excluding carboxylic acids is 2. The van der Waals surface area contributed by atoms with E-state index in [0.717, 1.165) is 10.7 Å². The quantitative estimate of drug-likeness (QED) is 0.284. The van der Waals surface area contributed by atoms with Gasteiger partial charge in [-0.05, 0) is 55.7 Å². The average Bonchev–Trinajstić information content (AvgIpc) is 2.93. The van der Waals surface area contributed by atoms with E-state index in [2.05, 4.69) is 5.32 Å². The van der Waals surface area contributed by atoms with Crippen molar-refractivity contribution in [3.05, 3.63) is 94.5 Å². The molecule has 0 saturated heterocycles. The summed E-state index contributed by atoms with van der Waals surface area (Å²) >= 11 is 12.8. The third-order valence-corrected chi connectivity index (χ3v) is 8.88. The minimum Gasteiger partial charge on any atom is -0.352 e. The second-order valence-corrected chi connectivity index (χ2v) is 11.8. The maximum absolute atomic E-state index is 14.0. The molecule has 3 aromatic carbocycles. The minimum atomic E-state index is -4.19. The molecule has 1 N–H and O–H groups in total. The van der Waals surface area contributed by atoms with Crippen molar-refractivity contribution in [2.45, 2.75) is 57.1 Å². The van der Waals surface area contributed by atoms with Crippen LogP contribution in [0.25, 0.3) is 0 Å². The first-order valence-corrected chi connectivity index (χ1v) is 14.9. The molecule has 208 valence electrons. The Morgan fingerprint density at radius 2 is 1.44 bits per heavy atom. The van der Waals surface area contributed by atoms with Crippen molar-refractivity contribution in [3.8, 4) is 0 Å². The van der Waals surface area contributed by atoms with Crippen molar-refractivity contribution < 1.29 is 18.0 Å². The van der Waals surface area contributed by atoms with Crippen LogP contribution in [-0.2, 0) is 26.2 Å². The average molecular weight is 591 g/mol. The number of para-hydroxylation sites is 1. The molecular formula is C29H33Cl2N3O4S. The Balaban J connectivity index is 2.07. The molecule has 3 rings (SSSR count). The fraction of sp³-hybridized carbons (Fsp3) is 0.310. The van der Waals surface area contributed by atoms with Gasteiger partial charge >= 0.3 is 0 Å². The van der Waals surface area contributed by atoms with Crippen LogP contribution in [-0.4, -0.2) is 43.8 Å². The summed E-state index contributed by atoms with van der Waals surface area (Å²) in [7, 11) is -4.19. The first-order valence-electron chi connectivity index (χ1n) is 12.8. The van der Waals surface area contributed by atoms with E-state index in [0.29, 0.717) is 17.0 Å². The first-order chi connectivity index (χ1) is 18.6. The molecule has 2 amide bonds. The van der Waals surface area contributed by atoms with Gasteiger partial charge in [0.25, 0.3) is 10.0 Å². The van der Waals surface area contributed by atoms with E-state index in [1.165, 1.54) is 17.0 Å². The van der Waals surface area contributed by atoms with Crippen molar-refractivity contribution in [2.75, 3.05) is 10.8 Å². The summed E-state index contributed by atoms with van der Waals surface area (Å²) in [5.74, 6) is -0.886. The Hall–Kier alpha value is -3.07. The van der Waals surface area contributed by atoms with Gasteiger partial charge in [0.05, 0.1) is 15.6 Å². The van der Waals surface area contributed by atoms with E-state index >= 15 is 0 Å². The van der Waals surface area contributed by atoms with E-state index in [-0.39, 0.29) is 34.1 Å². The molecule has 0 aromatic heterocycles. The number of benzene rings is 3. The lowest BCUT2D eigenvalue weighted by Crippen LogP contribution is -2.53. The van der Waals surface area contributed by atoms with Crippen LogP contribution in [0.1, 0.15) is 39.2 Å². The van der Waals surface area contributed by atoms with E-state index < -0.39 is 28.5 Å². The molecule has 0 aliphatic rings. The predicted molar refractivity (Wildman–Crippen MR) is 156 cm³/mol. The second kappa shape index (κ2) is 13.8. The van der Waals surface area contributed by atoms with Gasteiger partial charge < -0.3 is 10.2 Å². The van der Waals surface area contributed by atoms with Gasteiger partial charge in [-0.15, -0.1) is 0 Å². The van der Waals surface area contributed by atoms with Crippen molar-refractivity contribution in [2.24, 2.45) is 0 Å². The summed E-state index contributed by atoms with van der Waals surface area (Å²) in [4.78, 5) is 28.8. The van der Waals surface area contributed by atoms with Crippen LogP contribution in [0.4, 0.5) is 5.69 Å². The lowest BCUT2D eigenvalue weighted by Gasteiger charge is -2.34. The lowest BCUT2D eigenvalue weighted by molar-refractivity contribution is -0.140. The molecule has 0 fully saturated rings. The summed E-state index contributed by atoms with van der Waals surface area (Å²) < 4.78 is 28.6. The number of amides is 2. The molecular weight excluding hydrogens is 557 g/mol. The van der Waals surface area contributed by atoms with Crippen molar-refractivity contribution in [3.63, 3.8) is 0 Å². The number of carbonyl (C=O) groups is 2. The topological polar surface area (TPSA) is 86.8 Å². The SMILES string of the molecule is CC[C@H](C)NC(=O)[C@H](CC)N(Cc1ccccc1Cl)C(=O)CN(c1ccccc1Cl)S(=O)(=O)c1ccccc1. The van der Waals surface area contributed by atoms with Gasteiger partial charge in [0.15, 0.2) is 0 Å². The van der Waals surface area contributed by atoms with Crippen LogP contribution in [0.15, 0.2) is 83.8 Å². The normalized spacial score (nSPS) is 12.8. The van der Waals surface area contributed by atoms with Crippen molar-refractivity contribution >= 4 is 50.7 Å². The summed E-state index contributed by atoms with van der Waals surface area (Å²) in [6.07, 6.45) is 1.03. The summed E-state index contributed by atoms with van der Waals surface area (Å²) in [6, 6.07) is 20.4. The zero-order valence-electron chi connectivity index (χ0n) is 22.2. The largest absolute Gasteiger partial charge is 0.352 e.